The number of fused-ring (bicyclic) bond motifs is 1. The van der Waals surface area contributed by atoms with Crippen molar-refractivity contribution in [2.24, 2.45) is 0 Å². The van der Waals surface area contributed by atoms with Crippen LogP contribution >= 0.6 is 11.6 Å². The number of benzene rings is 2. The molecule has 0 atom stereocenters. The first-order chi connectivity index (χ1) is 17.7. The second-order valence-corrected chi connectivity index (χ2v) is 11.6. The molecule has 190 valence electrons. The number of carbonyl (C=O) groups is 1. The summed E-state index contributed by atoms with van der Waals surface area (Å²) in [7, 11) is 0. The highest BCUT2D eigenvalue weighted by molar-refractivity contribution is 6.29. The predicted molar refractivity (Wildman–Crippen MR) is 146 cm³/mol. The van der Waals surface area contributed by atoms with Gasteiger partial charge in [-0.25, -0.2) is 14.3 Å². The molecule has 2 saturated carbocycles. The number of aromatic nitrogens is 3. The summed E-state index contributed by atoms with van der Waals surface area (Å²) >= 11 is 6.48. The summed E-state index contributed by atoms with van der Waals surface area (Å²) < 4.78 is 7.46. The molecule has 0 saturated heterocycles. The fraction of sp³-hybridized carbons (Fsp3) is 0.367. The van der Waals surface area contributed by atoms with Crippen molar-refractivity contribution in [1.82, 2.24) is 19.9 Å². The number of amides is 1. The number of nitrogens with one attached hydrogen (secondary N) is 1. The smallest absolute Gasteiger partial charge is 0.408 e. The van der Waals surface area contributed by atoms with E-state index in [1.807, 2.05) is 49.6 Å². The highest BCUT2D eigenvalue weighted by Crippen LogP contribution is 2.45. The highest BCUT2D eigenvalue weighted by atomic mass is 35.5. The Hall–Kier alpha value is -3.38. The zero-order chi connectivity index (χ0) is 25.8. The molecule has 7 heteroatoms. The molecule has 0 unspecified atom stereocenters. The third kappa shape index (κ3) is 4.59. The number of carbonyl (C=O) groups excluding carboxylic acids is 1. The lowest BCUT2D eigenvalue weighted by atomic mass is 9.71. The Morgan fingerprint density at radius 3 is 2.35 bits per heavy atom. The molecule has 2 aliphatic carbocycles. The summed E-state index contributed by atoms with van der Waals surface area (Å²) in [5.74, 6) is 0.488. The molecule has 0 bridgehead atoms. The summed E-state index contributed by atoms with van der Waals surface area (Å²) in [5.41, 5.74) is 6.02. The van der Waals surface area contributed by atoms with E-state index in [0.717, 1.165) is 71.4 Å². The van der Waals surface area contributed by atoms with Gasteiger partial charge < -0.3 is 10.1 Å². The first-order valence-electron chi connectivity index (χ1n) is 13.0. The lowest BCUT2D eigenvalue weighted by molar-refractivity contribution is 0.0377. The van der Waals surface area contributed by atoms with Crippen molar-refractivity contribution in [1.29, 1.82) is 0 Å². The van der Waals surface area contributed by atoms with Crippen LogP contribution in [0.4, 0.5) is 4.79 Å². The van der Waals surface area contributed by atoms with Crippen molar-refractivity contribution in [3.05, 3.63) is 76.9 Å². The SMILES string of the molecule is CC(C)(C)OC(=O)NC1(c2ccc(-c3nc4c(C5CC5)cc(Cl)nn4c3-c3ccccc3)cc2)CCC1. The lowest BCUT2D eigenvalue weighted by Crippen LogP contribution is -2.52. The molecule has 2 aromatic carbocycles. The topological polar surface area (TPSA) is 68.5 Å². The van der Waals surface area contributed by atoms with Crippen LogP contribution in [0, 0.1) is 0 Å². The molecule has 2 aromatic heterocycles. The lowest BCUT2D eigenvalue weighted by Gasteiger charge is -2.43. The number of alkyl carbamates (subject to hydrolysis) is 1. The van der Waals surface area contributed by atoms with E-state index in [9.17, 15) is 4.79 Å². The Bertz CT molecular complexity index is 1460. The van der Waals surface area contributed by atoms with Crippen LogP contribution in [-0.4, -0.2) is 26.3 Å². The molecule has 6 nitrogen and oxygen atoms in total. The average molecular weight is 515 g/mol. The maximum absolute atomic E-state index is 12.6. The van der Waals surface area contributed by atoms with E-state index in [2.05, 4.69) is 46.8 Å². The van der Waals surface area contributed by atoms with Gasteiger partial charge in [-0.05, 0) is 70.4 Å². The van der Waals surface area contributed by atoms with E-state index in [1.54, 1.807) is 0 Å². The molecule has 2 heterocycles. The van der Waals surface area contributed by atoms with Gasteiger partial charge in [-0.2, -0.15) is 5.10 Å². The number of rotatable bonds is 5. The monoisotopic (exact) mass is 514 g/mol. The molecule has 37 heavy (non-hydrogen) atoms. The summed E-state index contributed by atoms with van der Waals surface area (Å²) in [5, 5.41) is 8.29. The van der Waals surface area contributed by atoms with Crippen LogP contribution < -0.4 is 5.32 Å². The Morgan fingerprint density at radius 2 is 1.76 bits per heavy atom. The van der Waals surface area contributed by atoms with Crippen LogP contribution in [0.5, 0.6) is 0 Å². The fourth-order valence-electron chi connectivity index (χ4n) is 5.23. The highest BCUT2D eigenvalue weighted by Gasteiger charge is 2.41. The number of nitrogens with zero attached hydrogens (tertiary/aromatic N) is 3. The van der Waals surface area contributed by atoms with Gasteiger partial charge in [0.05, 0.1) is 11.2 Å². The number of hydrogen-bond acceptors (Lipinski definition) is 4. The molecular formula is C30H31ClN4O2. The summed E-state index contributed by atoms with van der Waals surface area (Å²) in [6.07, 6.45) is 4.78. The van der Waals surface area contributed by atoms with Gasteiger partial charge >= 0.3 is 6.09 Å². The normalized spacial score (nSPS) is 16.9. The molecule has 1 amide bonds. The van der Waals surface area contributed by atoms with Gasteiger partial charge in [0.15, 0.2) is 5.65 Å². The van der Waals surface area contributed by atoms with Crippen LogP contribution in [0.2, 0.25) is 5.15 Å². The van der Waals surface area contributed by atoms with Crippen LogP contribution in [0.25, 0.3) is 28.2 Å². The van der Waals surface area contributed by atoms with Crippen molar-refractivity contribution in [3.8, 4) is 22.5 Å². The summed E-state index contributed by atoms with van der Waals surface area (Å²) in [4.78, 5) is 17.7. The fourth-order valence-corrected chi connectivity index (χ4v) is 5.42. The molecule has 4 aromatic rings. The zero-order valence-electron chi connectivity index (χ0n) is 21.4. The largest absolute Gasteiger partial charge is 0.444 e. The van der Waals surface area contributed by atoms with Crippen molar-refractivity contribution >= 4 is 23.3 Å². The van der Waals surface area contributed by atoms with Crippen LogP contribution in [0.1, 0.15) is 69.9 Å². The van der Waals surface area contributed by atoms with E-state index in [4.69, 9.17) is 21.3 Å². The van der Waals surface area contributed by atoms with Crippen LogP contribution in [0.15, 0.2) is 60.7 Å². The van der Waals surface area contributed by atoms with Crippen molar-refractivity contribution in [2.75, 3.05) is 0 Å². The maximum Gasteiger partial charge on any atom is 0.408 e. The van der Waals surface area contributed by atoms with Crippen molar-refractivity contribution < 1.29 is 9.53 Å². The number of imidazole rings is 1. The molecule has 2 aliphatic rings. The van der Waals surface area contributed by atoms with Gasteiger partial charge in [0, 0.05) is 16.7 Å². The van der Waals surface area contributed by atoms with Gasteiger partial charge in [-0.1, -0.05) is 66.2 Å². The first kappa shape index (κ1) is 24.0. The van der Waals surface area contributed by atoms with E-state index in [1.165, 1.54) is 0 Å². The van der Waals surface area contributed by atoms with Crippen molar-refractivity contribution in [2.45, 2.75) is 69.9 Å². The van der Waals surface area contributed by atoms with Gasteiger partial charge in [0.25, 0.3) is 0 Å². The Kier molecular flexibility index (Phi) is 5.75. The number of ether oxygens (including phenoxy) is 1. The minimum absolute atomic E-state index is 0.376. The predicted octanol–water partition coefficient (Wildman–Crippen LogP) is 7.50. The third-order valence-corrected chi connectivity index (χ3v) is 7.49. The van der Waals surface area contributed by atoms with Crippen LogP contribution in [0.3, 0.4) is 0 Å². The minimum atomic E-state index is -0.536. The Balaban J connectivity index is 1.41. The average Bonchev–Trinajstić information content (AvgIpc) is 3.61. The van der Waals surface area contributed by atoms with Crippen LogP contribution in [-0.2, 0) is 10.3 Å². The minimum Gasteiger partial charge on any atom is -0.444 e. The molecule has 6 rings (SSSR count). The third-order valence-electron chi connectivity index (χ3n) is 7.31. The second kappa shape index (κ2) is 8.88. The molecule has 2 fully saturated rings. The Labute approximate surface area is 222 Å². The zero-order valence-corrected chi connectivity index (χ0v) is 22.2. The molecule has 0 radical (unpaired) electrons. The number of halogens is 1. The quantitative estimate of drug-likeness (QED) is 0.299. The molecule has 0 aliphatic heterocycles. The molecule has 1 N–H and O–H groups in total. The van der Waals surface area contributed by atoms with E-state index in [0.29, 0.717) is 11.1 Å². The summed E-state index contributed by atoms with van der Waals surface area (Å²) in [6, 6.07) is 20.6. The van der Waals surface area contributed by atoms with E-state index >= 15 is 0 Å². The van der Waals surface area contributed by atoms with Gasteiger partial charge in [-0.15, -0.1) is 0 Å². The molecule has 0 spiro atoms. The maximum atomic E-state index is 12.6. The van der Waals surface area contributed by atoms with Gasteiger partial charge in [0.1, 0.15) is 16.4 Å². The summed E-state index contributed by atoms with van der Waals surface area (Å²) in [6.45, 7) is 5.64. The van der Waals surface area contributed by atoms with E-state index in [-0.39, 0.29) is 6.09 Å². The molecular weight excluding hydrogens is 484 g/mol. The first-order valence-corrected chi connectivity index (χ1v) is 13.4. The van der Waals surface area contributed by atoms with Crippen molar-refractivity contribution in [3.63, 3.8) is 0 Å². The van der Waals surface area contributed by atoms with E-state index < -0.39 is 11.1 Å². The number of hydrogen-bond donors (Lipinski definition) is 1. The van der Waals surface area contributed by atoms with Gasteiger partial charge in [0.2, 0.25) is 0 Å². The Morgan fingerprint density at radius 1 is 1.05 bits per heavy atom. The standard InChI is InChI=1S/C30H31ClN4O2/c1-29(2,3)37-28(36)33-30(16-7-17-30)22-14-12-20(13-15-22)25-26(21-8-5-4-6-9-21)35-27(32-25)23(19-10-11-19)18-24(31)34-35/h4-6,8-9,12-15,18-19H,7,10-11,16-17H2,1-3H3,(H,33,36). The second-order valence-electron chi connectivity index (χ2n) is 11.2. The van der Waals surface area contributed by atoms with Gasteiger partial charge in [-0.3, -0.25) is 0 Å².